The Balaban J connectivity index is 1.28. The zero-order valence-electron chi connectivity index (χ0n) is 20.6. The fourth-order valence-corrected chi connectivity index (χ4v) is 5.49. The van der Waals surface area contributed by atoms with Gasteiger partial charge in [-0.3, -0.25) is 4.79 Å². The highest BCUT2D eigenvalue weighted by Crippen LogP contribution is 2.49. The first-order valence-corrected chi connectivity index (χ1v) is 12.7. The molecule has 0 unspecified atom stereocenters. The molecule has 1 atom stereocenters. The predicted molar refractivity (Wildman–Crippen MR) is 147 cm³/mol. The van der Waals surface area contributed by atoms with E-state index in [4.69, 9.17) is 15.2 Å². The Labute approximate surface area is 218 Å². The third-order valence-corrected chi connectivity index (χ3v) is 7.37. The van der Waals surface area contributed by atoms with Gasteiger partial charge < -0.3 is 30.4 Å². The van der Waals surface area contributed by atoms with Crippen LogP contribution in [-0.2, 0) is 0 Å². The van der Waals surface area contributed by atoms with Gasteiger partial charge in [-0.1, -0.05) is 30.3 Å². The van der Waals surface area contributed by atoms with Crippen LogP contribution in [0.1, 0.15) is 29.2 Å². The van der Waals surface area contributed by atoms with Gasteiger partial charge in [0.2, 0.25) is 6.79 Å². The Hall–Kier alpha value is -4.63. The topological polar surface area (TPSA) is 116 Å². The number of carbonyl (C=O) groups is 1. The molecule has 0 saturated carbocycles. The monoisotopic (exact) mass is 506 g/mol. The van der Waals surface area contributed by atoms with Crippen molar-refractivity contribution in [3.05, 3.63) is 72.7 Å². The number of nitrogens with two attached hydrogens (primary N) is 1. The minimum atomic E-state index is -0.222. The Morgan fingerprint density at radius 3 is 2.76 bits per heavy atom. The van der Waals surface area contributed by atoms with Crippen LogP contribution in [-0.4, -0.2) is 40.3 Å². The summed E-state index contributed by atoms with van der Waals surface area (Å²) in [5.74, 6) is 1.24. The van der Waals surface area contributed by atoms with Crippen molar-refractivity contribution >= 4 is 39.2 Å². The van der Waals surface area contributed by atoms with Gasteiger partial charge in [-0.15, -0.1) is 0 Å². The molecular weight excluding hydrogens is 480 g/mol. The van der Waals surface area contributed by atoms with Crippen molar-refractivity contribution in [1.29, 1.82) is 0 Å². The first-order chi connectivity index (χ1) is 18.7. The van der Waals surface area contributed by atoms with Crippen LogP contribution in [0.2, 0.25) is 0 Å². The van der Waals surface area contributed by atoms with E-state index in [2.05, 4.69) is 31.4 Å². The molecule has 0 aliphatic carbocycles. The van der Waals surface area contributed by atoms with Crippen LogP contribution in [0.3, 0.4) is 0 Å². The molecule has 9 nitrogen and oxygen atoms in total. The largest absolute Gasteiger partial charge is 0.453 e. The fraction of sp³-hybridized carbons (Fsp3) is 0.207. The van der Waals surface area contributed by atoms with Gasteiger partial charge >= 0.3 is 0 Å². The van der Waals surface area contributed by atoms with Crippen LogP contribution in [0, 0.1) is 0 Å². The highest BCUT2D eigenvalue weighted by atomic mass is 16.7. The molecule has 0 spiro atoms. The number of amides is 1. The van der Waals surface area contributed by atoms with Crippen molar-refractivity contribution in [2.45, 2.75) is 18.9 Å². The Bertz CT molecular complexity index is 1710. The van der Waals surface area contributed by atoms with Gasteiger partial charge in [0.1, 0.15) is 17.8 Å². The van der Waals surface area contributed by atoms with Crippen LogP contribution in [0.5, 0.6) is 11.5 Å². The Kier molecular flexibility index (Phi) is 5.36. The van der Waals surface area contributed by atoms with Crippen molar-refractivity contribution in [2.24, 2.45) is 0 Å². The summed E-state index contributed by atoms with van der Waals surface area (Å²) >= 11 is 0. The maximum Gasteiger partial charge on any atom is 0.255 e. The van der Waals surface area contributed by atoms with Gasteiger partial charge in [0, 0.05) is 35.5 Å². The fourth-order valence-electron chi connectivity index (χ4n) is 5.49. The van der Waals surface area contributed by atoms with Crippen molar-refractivity contribution in [3.63, 3.8) is 0 Å². The zero-order valence-corrected chi connectivity index (χ0v) is 20.6. The second-order valence-corrected chi connectivity index (χ2v) is 9.65. The number of rotatable bonds is 4. The van der Waals surface area contributed by atoms with E-state index >= 15 is 0 Å². The summed E-state index contributed by atoms with van der Waals surface area (Å²) < 4.78 is 14.0. The van der Waals surface area contributed by atoms with E-state index in [-0.39, 0.29) is 18.7 Å². The zero-order chi connectivity index (χ0) is 25.6. The first-order valence-electron chi connectivity index (χ1n) is 12.7. The van der Waals surface area contributed by atoms with Gasteiger partial charge in [0.05, 0.1) is 11.1 Å². The van der Waals surface area contributed by atoms with Crippen molar-refractivity contribution < 1.29 is 14.3 Å². The SMILES string of the molecule is Nc1ncnc2c1c(-c1ccc(NC(=O)c3ccc4ccccc4c3)c3c1OCO3)cn2[C@@H]1CCCNC1. The number of benzene rings is 3. The molecule has 2 aliphatic heterocycles. The van der Waals surface area contributed by atoms with Crippen LogP contribution >= 0.6 is 0 Å². The molecule has 0 bridgehead atoms. The van der Waals surface area contributed by atoms with Crippen LogP contribution < -0.4 is 25.8 Å². The maximum absolute atomic E-state index is 13.2. The molecule has 2 aliphatic rings. The molecule has 7 rings (SSSR count). The average Bonchev–Trinajstić information content (AvgIpc) is 3.60. The lowest BCUT2D eigenvalue weighted by molar-refractivity contribution is 0.102. The number of aromatic nitrogens is 3. The van der Waals surface area contributed by atoms with Gasteiger partial charge in [-0.05, 0) is 54.4 Å². The smallest absolute Gasteiger partial charge is 0.255 e. The summed E-state index contributed by atoms with van der Waals surface area (Å²) in [5.41, 5.74) is 9.96. The van der Waals surface area contributed by atoms with Gasteiger partial charge in [-0.2, -0.15) is 0 Å². The van der Waals surface area contributed by atoms with E-state index < -0.39 is 0 Å². The summed E-state index contributed by atoms with van der Waals surface area (Å²) in [6.45, 7) is 1.94. The van der Waals surface area contributed by atoms with Crippen molar-refractivity contribution in [1.82, 2.24) is 19.9 Å². The molecule has 4 N–H and O–H groups in total. The number of ether oxygens (including phenoxy) is 2. The number of anilines is 2. The molecule has 38 heavy (non-hydrogen) atoms. The summed E-state index contributed by atoms with van der Waals surface area (Å²) in [6, 6.07) is 17.6. The number of nitrogen functional groups attached to an aromatic ring is 1. The van der Waals surface area contributed by atoms with E-state index in [9.17, 15) is 4.79 Å². The number of hydrogen-bond acceptors (Lipinski definition) is 7. The lowest BCUT2D eigenvalue weighted by atomic mass is 10.0. The summed E-state index contributed by atoms with van der Waals surface area (Å²) in [5, 5.41) is 9.34. The van der Waals surface area contributed by atoms with E-state index in [0.29, 0.717) is 28.6 Å². The number of hydrogen-bond donors (Lipinski definition) is 3. The van der Waals surface area contributed by atoms with Crippen LogP contribution in [0.25, 0.3) is 32.9 Å². The Morgan fingerprint density at radius 1 is 1.03 bits per heavy atom. The average molecular weight is 507 g/mol. The molecule has 1 fully saturated rings. The normalized spacial score (nSPS) is 16.7. The number of fused-ring (bicyclic) bond motifs is 3. The number of piperidine rings is 1. The van der Waals surface area contributed by atoms with Gasteiger partial charge in [0.15, 0.2) is 11.5 Å². The van der Waals surface area contributed by atoms with Crippen molar-refractivity contribution in [2.75, 3.05) is 30.9 Å². The predicted octanol–water partition coefficient (Wildman–Crippen LogP) is 4.74. The lowest BCUT2D eigenvalue weighted by Crippen LogP contribution is -2.31. The first kappa shape index (κ1) is 22.6. The third-order valence-electron chi connectivity index (χ3n) is 7.37. The molecule has 1 saturated heterocycles. The van der Waals surface area contributed by atoms with Crippen LogP contribution in [0.15, 0.2) is 67.1 Å². The van der Waals surface area contributed by atoms with E-state index in [1.165, 1.54) is 6.33 Å². The molecule has 2 aromatic heterocycles. The molecule has 4 heterocycles. The molecule has 190 valence electrons. The summed E-state index contributed by atoms with van der Waals surface area (Å²) in [4.78, 5) is 22.0. The van der Waals surface area contributed by atoms with Crippen molar-refractivity contribution in [3.8, 4) is 22.6 Å². The third kappa shape index (κ3) is 3.71. The van der Waals surface area contributed by atoms with Gasteiger partial charge in [-0.25, -0.2) is 9.97 Å². The minimum Gasteiger partial charge on any atom is -0.453 e. The lowest BCUT2D eigenvalue weighted by Gasteiger charge is -2.24. The number of carbonyl (C=O) groups excluding carboxylic acids is 1. The summed E-state index contributed by atoms with van der Waals surface area (Å²) in [6.07, 6.45) is 5.73. The minimum absolute atomic E-state index is 0.0579. The molecule has 9 heteroatoms. The molecule has 1 amide bonds. The Morgan fingerprint density at radius 2 is 1.89 bits per heavy atom. The highest BCUT2D eigenvalue weighted by Gasteiger charge is 2.28. The van der Waals surface area contributed by atoms with Gasteiger partial charge in [0.25, 0.3) is 5.91 Å². The molecular formula is C29H26N6O3. The highest BCUT2D eigenvalue weighted by molar-refractivity contribution is 6.08. The molecule has 3 aromatic carbocycles. The molecule has 5 aromatic rings. The number of nitrogens with one attached hydrogen (secondary N) is 2. The molecule has 0 radical (unpaired) electrons. The summed E-state index contributed by atoms with van der Waals surface area (Å²) in [7, 11) is 0. The van der Waals surface area contributed by atoms with Crippen LogP contribution in [0.4, 0.5) is 11.5 Å². The van der Waals surface area contributed by atoms with E-state index in [1.54, 1.807) is 0 Å². The number of nitrogens with zero attached hydrogens (tertiary/aromatic N) is 3. The van der Waals surface area contributed by atoms with E-state index in [1.807, 2.05) is 54.6 Å². The quantitative estimate of drug-likeness (QED) is 0.322. The second kappa shape index (κ2) is 9.04. The standard InChI is InChI=1S/C29H26N6O3/c30-27-24-22(14-35(28(24)33-15-32-27)20-6-3-11-31-13-20)21-9-10-23(26-25(21)37-16-38-26)34-29(36)19-8-7-17-4-1-2-5-18(17)12-19/h1-2,4-5,7-10,12,14-15,20,31H,3,6,11,13,16H2,(H,34,36)(H2,30,32,33)/t20-/m1/s1. The second-order valence-electron chi connectivity index (χ2n) is 9.65. The maximum atomic E-state index is 13.2. The van der Waals surface area contributed by atoms with E-state index in [0.717, 1.165) is 58.9 Å².